The Morgan fingerprint density at radius 1 is 0.964 bits per heavy atom. The average molecular weight is 384 g/mol. The summed E-state index contributed by atoms with van der Waals surface area (Å²) in [4.78, 5) is 15.6. The van der Waals surface area contributed by atoms with Crippen molar-refractivity contribution in [2.24, 2.45) is 0 Å². The van der Waals surface area contributed by atoms with Crippen LogP contribution in [0.4, 0.5) is 0 Å². The maximum Gasteiger partial charge on any atom is 0.330 e. The predicted octanol–water partition coefficient (Wildman–Crippen LogP) is 5.24. The highest BCUT2D eigenvalue weighted by molar-refractivity contribution is 5.81. The molecular weight excluding hydrogens is 356 g/mol. The van der Waals surface area contributed by atoms with E-state index in [1.54, 1.807) is 0 Å². The molecule has 28 heavy (non-hydrogen) atoms. The predicted molar refractivity (Wildman–Crippen MR) is 108 cm³/mol. The molecule has 150 valence electrons. The Morgan fingerprint density at radius 2 is 1.54 bits per heavy atom. The fourth-order valence-corrected chi connectivity index (χ4v) is 2.77. The van der Waals surface area contributed by atoms with Gasteiger partial charge in [-0.25, -0.2) is 9.68 Å². The number of ether oxygens (including phenoxy) is 2. The lowest BCUT2D eigenvalue weighted by Crippen LogP contribution is -2.04. The third kappa shape index (κ3) is 7.18. The third-order valence-electron chi connectivity index (χ3n) is 4.39. The van der Waals surface area contributed by atoms with Crippen molar-refractivity contribution in [2.45, 2.75) is 38.7 Å². The smallest absolute Gasteiger partial charge is 0.330 e. The number of aryl methyl sites for hydroxylation is 1. The summed E-state index contributed by atoms with van der Waals surface area (Å²) < 4.78 is 10.7. The molecular formula is C23H28O5. The molecule has 0 fully saturated rings. The molecule has 1 atom stereocenters. The van der Waals surface area contributed by atoms with Gasteiger partial charge < -0.3 is 9.47 Å². The van der Waals surface area contributed by atoms with Crippen molar-refractivity contribution in [3.05, 3.63) is 77.9 Å². The van der Waals surface area contributed by atoms with Gasteiger partial charge in [0, 0.05) is 6.08 Å². The van der Waals surface area contributed by atoms with E-state index >= 15 is 0 Å². The number of hydrogen-bond donors (Lipinski definition) is 1. The summed E-state index contributed by atoms with van der Waals surface area (Å²) in [7, 11) is 0. The molecule has 2 rings (SSSR count). The minimum absolute atomic E-state index is 0.372. The lowest BCUT2D eigenvalue weighted by atomic mass is 10.0. The maximum atomic E-state index is 10.9. The standard InChI is InChI=1S/C23H28O5/c1-3-22(24)27-17-7-5-4-6-16-26-21-14-12-20(13-15-21)23(28-25)19-10-8-18(2)9-11-19/h3,8-15,23,25H,1,4-7,16-17H2,2H3. The summed E-state index contributed by atoms with van der Waals surface area (Å²) in [5, 5.41) is 9.31. The molecule has 0 saturated heterocycles. The first kappa shape index (κ1) is 21.7. The minimum Gasteiger partial charge on any atom is -0.494 e. The lowest BCUT2D eigenvalue weighted by Gasteiger charge is -2.15. The molecule has 0 aliphatic carbocycles. The fraction of sp³-hybridized carbons (Fsp3) is 0.348. The maximum absolute atomic E-state index is 10.9. The summed E-state index contributed by atoms with van der Waals surface area (Å²) in [6.45, 7) is 6.43. The topological polar surface area (TPSA) is 65.0 Å². The molecule has 5 nitrogen and oxygen atoms in total. The van der Waals surface area contributed by atoms with Gasteiger partial charge in [0.05, 0.1) is 13.2 Å². The summed E-state index contributed by atoms with van der Waals surface area (Å²) in [5.41, 5.74) is 2.90. The first-order chi connectivity index (χ1) is 13.6. The Morgan fingerprint density at radius 3 is 2.11 bits per heavy atom. The van der Waals surface area contributed by atoms with Gasteiger partial charge in [-0.15, -0.1) is 0 Å². The number of rotatable bonds is 12. The van der Waals surface area contributed by atoms with Crippen LogP contribution in [0.3, 0.4) is 0 Å². The van der Waals surface area contributed by atoms with Crippen LogP contribution in [-0.2, 0) is 14.4 Å². The van der Waals surface area contributed by atoms with Gasteiger partial charge in [-0.05, 0) is 55.9 Å². The van der Waals surface area contributed by atoms with Gasteiger partial charge in [0.2, 0.25) is 0 Å². The van der Waals surface area contributed by atoms with E-state index < -0.39 is 6.10 Å². The van der Waals surface area contributed by atoms with Crippen LogP contribution in [-0.4, -0.2) is 24.4 Å². The van der Waals surface area contributed by atoms with Gasteiger partial charge in [-0.3, -0.25) is 5.26 Å². The Hall–Kier alpha value is -2.63. The molecule has 1 unspecified atom stereocenters. The van der Waals surface area contributed by atoms with Crippen LogP contribution < -0.4 is 4.74 Å². The molecule has 0 aliphatic rings. The van der Waals surface area contributed by atoms with E-state index in [4.69, 9.17) is 14.4 Å². The van der Waals surface area contributed by atoms with E-state index in [0.29, 0.717) is 13.2 Å². The second-order valence-electron chi connectivity index (χ2n) is 6.60. The van der Waals surface area contributed by atoms with E-state index in [1.165, 1.54) is 6.08 Å². The minimum atomic E-state index is -0.523. The second kappa shape index (κ2) is 12.0. The Bertz CT molecular complexity index is 722. The average Bonchev–Trinajstić information content (AvgIpc) is 2.72. The Kier molecular flexibility index (Phi) is 9.25. The van der Waals surface area contributed by atoms with Crippen molar-refractivity contribution < 1.29 is 24.4 Å². The van der Waals surface area contributed by atoms with Gasteiger partial charge in [0.25, 0.3) is 0 Å². The monoisotopic (exact) mass is 384 g/mol. The first-order valence-electron chi connectivity index (χ1n) is 9.53. The Balaban J connectivity index is 1.71. The van der Waals surface area contributed by atoms with Crippen molar-refractivity contribution in [1.29, 1.82) is 0 Å². The van der Waals surface area contributed by atoms with Crippen molar-refractivity contribution in [3.63, 3.8) is 0 Å². The van der Waals surface area contributed by atoms with Gasteiger partial charge in [-0.1, -0.05) is 48.5 Å². The van der Waals surface area contributed by atoms with Crippen LogP contribution in [0.15, 0.2) is 61.2 Å². The molecule has 2 aromatic rings. The highest BCUT2D eigenvalue weighted by Crippen LogP contribution is 2.27. The van der Waals surface area contributed by atoms with E-state index in [9.17, 15) is 10.1 Å². The number of carbonyl (C=O) groups excluding carboxylic acids is 1. The molecule has 0 aromatic heterocycles. The van der Waals surface area contributed by atoms with Gasteiger partial charge in [-0.2, -0.15) is 0 Å². The number of unbranched alkanes of at least 4 members (excludes halogenated alkanes) is 3. The molecule has 1 N–H and O–H groups in total. The van der Waals surface area contributed by atoms with Crippen LogP contribution in [0.5, 0.6) is 5.75 Å². The fourth-order valence-electron chi connectivity index (χ4n) is 2.77. The second-order valence-corrected chi connectivity index (χ2v) is 6.60. The molecule has 0 saturated carbocycles. The zero-order valence-corrected chi connectivity index (χ0v) is 16.3. The molecule has 0 radical (unpaired) electrons. The van der Waals surface area contributed by atoms with E-state index in [1.807, 2.05) is 55.5 Å². The van der Waals surface area contributed by atoms with Crippen LogP contribution in [0, 0.1) is 6.92 Å². The van der Waals surface area contributed by atoms with Crippen LogP contribution in [0.1, 0.15) is 48.5 Å². The largest absolute Gasteiger partial charge is 0.494 e. The van der Waals surface area contributed by atoms with Gasteiger partial charge >= 0.3 is 5.97 Å². The van der Waals surface area contributed by atoms with Crippen molar-refractivity contribution in [3.8, 4) is 5.75 Å². The summed E-state index contributed by atoms with van der Waals surface area (Å²) in [6.07, 6.45) is 4.43. The van der Waals surface area contributed by atoms with Crippen molar-refractivity contribution >= 4 is 5.97 Å². The number of esters is 1. The van der Waals surface area contributed by atoms with Crippen LogP contribution >= 0.6 is 0 Å². The number of carbonyl (C=O) groups is 1. The quantitative estimate of drug-likeness (QED) is 0.178. The van der Waals surface area contributed by atoms with E-state index in [-0.39, 0.29) is 5.97 Å². The number of hydrogen-bond acceptors (Lipinski definition) is 5. The molecule has 0 spiro atoms. The highest BCUT2D eigenvalue weighted by atomic mass is 17.1. The molecule has 5 heteroatoms. The first-order valence-corrected chi connectivity index (χ1v) is 9.53. The summed E-state index contributed by atoms with van der Waals surface area (Å²) >= 11 is 0. The zero-order chi connectivity index (χ0) is 20.2. The molecule has 0 bridgehead atoms. The zero-order valence-electron chi connectivity index (χ0n) is 16.3. The normalized spacial score (nSPS) is 11.6. The van der Waals surface area contributed by atoms with Crippen molar-refractivity contribution in [1.82, 2.24) is 0 Å². The third-order valence-corrected chi connectivity index (χ3v) is 4.39. The van der Waals surface area contributed by atoms with E-state index in [2.05, 4.69) is 6.58 Å². The molecule has 0 heterocycles. The molecule has 0 aliphatic heterocycles. The van der Waals surface area contributed by atoms with Crippen LogP contribution in [0.2, 0.25) is 0 Å². The molecule has 2 aromatic carbocycles. The van der Waals surface area contributed by atoms with Crippen molar-refractivity contribution in [2.75, 3.05) is 13.2 Å². The summed E-state index contributed by atoms with van der Waals surface area (Å²) in [5.74, 6) is 0.409. The summed E-state index contributed by atoms with van der Waals surface area (Å²) in [6, 6.07) is 15.4. The van der Waals surface area contributed by atoms with Crippen LogP contribution in [0.25, 0.3) is 0 Å². The Labute approximate surface area is 166 Å². The van der Waals surface area contributed by atoms with Gasteiger partial charge in [0.15, 0.2) is 0 Å². The van der Waals surface area contributed by atoms with E-state index in [0.717, 1.165) is 48.1 Å². The number of benzene rings is 2. The molecule has 0 amide bonds. The van der Waals surface area contributed by atoms with Gasteiger partial charge in [0.1, 0.15) is 11.9 Å². The lowest BCUT2D eigenvalue weighted by molar-refractivity contribution is -0.270. The SMILES string of the molecule is C=CC(=O)OCCCCCCOc1ccc(C(OO)c2ccc(C)cc2)cc1. The highest BCUT2D eigenvalue weighted by Gasteiger charge is 2.14.